The van der Waals surface area contributed by atoms with Crippen molar-refractivity contribution in [1.29, 1.82) is 0 Å². The summed E-state index contributed by atoms with van der Waals surface area (Å²) in [5.74, 6) is 0.613. The van der Waals surface area contributed by atoms with Crippen molar-refractivity contribution in [2.45, 2.75) is 19.4 Å². The molecule has 5 nitrogen and oxygen atoms in total. The first-order chi connectivity index (χ1) is 10.3. The van der Waals surface area contributed by atoms with Crippen LogP contribution in [0.3, 0.4) is 0 Å². The summed E-state index contributed by atoms with van der Waals surface area (Å²) in [7, 11) is 0. The number of halogens is 1. The Bertz CT molecular complexity index is 456. The Kier molecular flexibility index (Phi) is 6.61. The Morgan fingerprint density at radius 1 is 1.18 bits per heavy atom. The SMILES string of the molecule is Cl.O=C(C1CCNCC1)N1CCN(Cc2ccccn2)CC1. The Morgan fingerprint density at radius 2 is 1.91 bits per heavy atom. The average Bonchev–Trinajstić information content (AvgIpc) is 2.57. The van der Waals surface area contributed by atoms with E-state index in [1.54, 1.807) is 0 Å². The van der Waals surface area contributed by atoms with Crippen molar-refractivity contribution in [1.82, 2.24) is 20.1 Å². The number of hydrogen-bond donors (Lipinski definition) is 1. The zero-order valence-corrected chi connectivity index (χ0v) is 13.7. The van der Waals surface area contributed by atoms with Crippen molar-refractivity contribution in [3.8, 4) is 0 Å². The van der Waals surface area contributed by atoms with Gasteiger partial charge in [0, 0.05) is 44.8 Å². The van der Waals surface area contributed by atoms with E-state index >= 15 is 0 Å². The summed E-state index contributed by atoms with van der Waals surface area (Å²) < 4.78 is 0. The second kappa shape index (κ2) is 8.46. The molecule has 0 radical (unpaired) electrons. The van der Waals surface area contributed by atoms with Crippen molar-refractivity contribution in [3.05, 3.63) is 30.1 Å². The van der Waals surface area contributed by atoms with Crippen LogP contribution in [0.1, 0.15) is 18.5 Å². The van der Waals surface area contributed by atoms with Crippen LogP contribution in [-0.2, 0) is 11.3 Å². The van der Waals surface area contributed by atoms with Crippen molar-refractivity contribution >= 4 is 18.3 Å². The molecule has 1 N–H and O–H groups in total. The fourth-order valence-electron chi connectivity index (χ4n) is 3.17. The molecule has 0 unspecified atom stereocenters. The van der Waals surface area contributed by atoms with E-state index in [0.29, 0.717) is 5.91 Å². The molecule has 3 rings (SSSR count). The highest BCUT2D eigenvalue weighted by molar-refractivity contribution is 5.85. The van der Waals surface area contributed by atoms with Gasteiger partial charge in [0.1, 0.15) is 0 Å². The normalized spacial score (nSPS) is 20.5. The van der Waals surface area contributed by atoms with Crippen LogP contribution in [0.4, 0.5) is 0 Å². The zero-order chi connectivity index (χ0) is 14.5. The lowest BCUT2D eigenvalue weighted by molar-refractivity contribution is -0.138. The van der Waals surface area contributed by atoms with Gasteiger partial charge >= 0.3 is 0 Å². The van der Waals surface area contributed by atoms with Gasteiger partial charge in [-0.05, 0) is 38.1 Å². The predicted octanol–water partition coefficient (Wildman–Crippen LogP) is 1.15. The topological polar surface area (TPSA) is 48.5 Å². The molecule has 2 saturated heterocycles. The Balaban J connectivity index is 0.00000176. The van der Waals surface area contributed by atoms with Crippen LogP contribution >= 0.6 is 12.4 Å². The lowest BCUT2D eigenvalue weighted by Crippen LogP contribution is -2.51. The molecule has 0 aromatic carbocycles. The predicted molar refractivity (Wildman–Crippen MR) is 88.9 cm³/mol. The maximum Gasteiger partial charge on any atom is 0.225 e. The zero-order valence-electron chi connectivity index (χ0n) is 12.9. The maximum absolute atomic E-state index is 12.5. The molecule has 2 fully saturated rings. The molecule has 3 heterocycles. The van der Waals surface area contributed by atoms with Gasteiger partial charge in [-0.25, -0.2) is 0 Å². The van der Waals surface area contributed by atoms with E-state index in [0.717, 1.165) is 64.3 Å². The largest absolute Gasteiger partial charge is 0.340 e. The standard InChI is InChI=1S/C16H24N4O.ClH/c21-16(14-4-7-17-8-5-14)20-11-9-19(10-12-20)13-15-3-1-2-6-18-15;/h1-3,6,14,17H,4-5,7-13H2;1H. The maximum atomic E-state index is 12.5. The third-order valence-electron chi connectivity index (χ3n) is 4.48. The summed E-state index contributed by atoms with van der Waals surface area (Å²) in [5, 5.41) is 3.32. The summed E-state index contributed by atoms with van der Waals surface area (Å²) in [6.45, 7) is 6.47. The molecular formula is C16H25ClN4O. The van der Waals surface area contributed by atoms with Gasteiger partial charge in [-0.2, -0.15) is 0 Å². The molecule has 122 valence electrons. The van der Waals surface area contributed by atoms with Crippen LogP contribution in [0.25, 0.3) is 0 Å². The minimum Gasteiger partial charge on any atom is -0.340 e. The van der Waals surface area contributed by atoms with E-state index in [9.17, 15) is 4.79 Å². The molecule has 22 heavy (non-hydrogen) atoms. The summed E-state index contributed by atoms with van der Waals surface area (Å²) >= 11 is 0. The monoisotopic (exact) mass is 324 g/mol. The number of carbonyl (C=O) groups excluding carboxylic acids is 1. The number of piperidine rings is 1. The molecule has 0 saturated carbocycles. The van der Waals surface area contributed by atoms with E-state index in [1.165, 1.54) is 0 Å². The highest BCUT2D eigenvalue weighted by atomic mass is 35.5. The second-order valence-electron chi connectivity index (χ2n) is 5.95. The number of nitrogens with zero attached hydrogens (tertiary/aromatic N) is 3. The molecule has 0 bridgehead atoms. The first-order valence-corrected chi connectivity index (χ1v) is 7.95. The van der Waals surface area contributed by atoms with Crippen LogP contribution in [0.15, 0.2) is 24.4 Å². The fraction of sp³-hybridized carbons (Fsp3) is 0.625. The van der Waals surface area contributed by atoms with E-state index in [-0.39, 0.29) is 18.3 Å². The molecule has 1 aromatic heterocycles. The van der Waals surface area contributed by atoms with Crippen molar-refractivity contribution < 1.29 is 4.79 Å². The van der Waals surface area contributed by atoms with Crippen LogP contribution in [0.5, 0.6) is 0 Å². The van der Waals surface area contributed by atoms with Gasteiger partial charge in [0.25, 0.3) is 0 Å². The summed E-state index contributed by atoms with van der Waals surface area (Å²) in [6.07, 6.45) is 3.83. The molecule has 0 aliphatic carbocycles. The van der Waals surface area contributed by atoms with Gasteiger partial charge < -0.3 is 10.2 Å². The van der Waals surface area contributed by atoms with Crippen molar-refractivity contribution in [2.24, 2.45) is 5.92 Å². The molecular weight excluding hydrogens is 300 g/mol. The molecule has 6 heteroatoms. The van der Waals surface area contributed by atoms with Gasteiger partial charge in [-0.15, -0.1) is 12.4 Å². The lowest BCUT2D eigenvalue weighted by atomic mass is 9.96. The van der Waals surface area contributed by atoms with Crippen LogP contribution in [0.2, 0.25) is 0 Å². The number of hydrogen-bond acceptors (Lipinski definition) is 4. The quantitative estimate of drug-likeness (QED) is 0.906. The molecule has 2 aliphatic rings. The fourth-order valence-corrected chi connectivity index (χ4v) is 3.17. The first-order valence-electron chi connectivity index (χ1n) is 7.95. The number of amides is 1. The molecule has 0 atom stereocenters. The van der Waals surface area contributed by atoms with Crippen molar-refractivity contribution in [3.63, 3.8) is 0 Å². The number of piperazine rings is 1. The summed E-state index contributed by atoms with van der Waals surface area (Å²) in [4.78, 5) is 21.3. The molecule has 0 spiro atoms. The van der Waals surface area contributed by atoms with Crippen molar-refractivity contribution in [2.75, 3.05) is 39.3 Å². The number of rotatable bonds is 3. The third kappa shape index (κ3) is 4.41. The van der Waals surface area contributed by atoms with Gasteiger partial charge in [-0.1, -0.05) is 6.07 Å². The van der Waals surface area contributed by atoms with Crippen LogP contribution < -0.4 is 5.32 Å². The van der Waals surface area contributed by atoms with E-state index in [2.05, 4.69) is 26.2 Å². The third-order valence-corrected chi connectivity index (χ3v) is 4.48. The average molecular weight is 325 g/mol. The van der Waals surface area contributed by atoms with Gasteiger partial charge in [0.15, 0.2) is 0 Å². The summed E-state index contributed by atoms with van der Waals surface area (Å²) in [6, 6.07) is 6.03. The summed E-state index contributed by atoms with van der Waals surface area (Å²) in [5.41, 5.74) is 1.11. The highest BCUT2D eigenvalue weighted by Gasteiger charge is 2.28. The molecule has 1 aromatic rings. The van der Waals surface area contributed by atoms with Crippen LogP contribution in [0, 0.1) is 5.92 Å². The van der Waals surface area contributed by atoms with Gasteiger partial charge in [-0.3, -0.25) is 14.7 Å². The second-order valence-corrected chi connectivity index (χ2v) is 5.95. The minimum absolute atomic E-state index is 0. The first kappa shape index (κ1) is 17.2. The number of nitrogens with one attached hydrogen (secondary N) is 1. The van der Waals surface area contributed by atoms with E-state index < -0.39 is 0 Å². The van der Waals surface area contributed by atoms with Gasteiger partial charge in [0.05, 0.1) is 5.69 Å². The Morgan fingerprint density at radius 3 is 2.55 bits per heavy atom. The Labute approximate surface area is 138 Å². The van der Waals surface area contributed by atoms with E-state index in [4.69, 9.17) is 0 Å². The number of pyridine rings is 1. The minimum atomic E-state index is 0. The van der Waals surface area contributed by atoms with Gasteiger partial charge in [0.2, 0.25) is 5.91 Å². The number of carbonyl (C=O) groups is 1. The molecule has 2 aliphatic heterocycles. The van der Waals surface area contributed by atoms with Crippen LogP contribution in [-0.4, -0.2) is 60.0 Å². The lowest BCUT2D eigenvalue weighted by Gasteiger charge is -2.37. The number of aromatic nitrogens is 1. The van der Waals surface area contributed by atoms with E-state index in [1.807, 2.05) is 18.3 Å². The smallest absolute Gasteiger partial charge is 0.225 e. The highest BCUT2D eigenvalue weighted by Crippen LogP contribution is 2.17. The molecule has 1 amide bonds. The Hall–Kier alpha value is -1.17.